The zero-order valence-corrected chi connectivity index (χ0v) is 21.2. The van der Waals surface area contributed by atoms with Crippen molar-refractivity contribution in [2.45, 2.75) is 12.8 Å². The summed E-state index contributed by atoms with van der Waals surface area (Å²) in [4.78, 5) is 0. The summed E-state index contributed by atoms with van der Waals surface area (Å²) in [6.45, 7) is 0. The molecule has 37 heavy (non-hydrogen) atoms. The second-order valence-corrected chi connectivity index (χ2v) is 11.0. The molecule has 0 radical (unpaired) electrons. The van der Waals surface area contributed by atoms with Crippen molar-refractivity contribution in [3.63, 3.8) is 0 Å². The Labute approximate surface area is 220 Å². The van der Waals surface area contributed by atoms with Crippen LogP contribution in [0.2, 0.25) is 0 Å². The summed E-state index contributed by atoms with van der Waals surface area (Å²) in [5.41, 5.74) is 8.30. The monoisotopic (exact) mass is 488 g/mol. The molecule has 0 saturated heterocycles. The first-order chi connectivity index (χ1) is 18.4. The number of benzene rings is 6. The van der Waals surface area contributed by atoms with Crippen molar-refractivity contribution in [1.29, 1.82) is 0 Å². The Morgan fingerprint density at radius 2 is 1.30 bits per heavy atom. The van der Waals surface area contributed by atoms with E-state index in [0.717, 1.165) is 12.8 Å². The highest BCUT2D eigenvalue weighted by Gasteiger charge is 2.23. The molecular formula is C36H24S. The first-order valence-electron chi connectivity index (χ1n) is 13.0. The molecule has 8 rings (SSSR count). The molecule has 0 nitrogen and oxygen atoms in total. The van der Waals surface area contributed by atoms with Gasteiger partial charge in [-0.1, -0.05) is 109 Å². The Kier molecular flexibility index (Phi) is 4.62. The molecule has 0 atom stereocenters. The number of rotatable bonds is 2. The molecule has 0 bridgehead atoms. The summed E-state index contributed by atoms with van der Waals surface area (Å²) in [5.74, 6) is 0. The Morgan fingerprint density at radius 3 is 2.19 bits per heavy atom. The molecule has 0 N–H and O–H groups in total. The normalized spacial score (nSPS) is 13.1. The molecule has 0 fully saturated rings. The third-order valence-corrected chi connectivity index (χ3v) is 9.14. The van der Waals surface area contributed by atoms with Gasteiger partial charge in [0.15, 0.2) is 0 Å². The lowest BCUT2D eigenvalue weighted by molar-refractivity contribution is 0.991. The van der Waals surface area contributed by atoms with Crippen molar-refractivity contribution in [2.24, 2.45) is 0 Å². The Bertz CT molecular complexity index is 2040. The van der Waals surface area contributed by atoms with Gasteiger partial charge in [-0.25, -0.2) is 0 Å². The SMILES string of the molecule is C1=Cc2c(c(-c3ccc4ccccc4c3)c3ccccc3c2-c2cccc3c2sc2ccccc23)CC1. The van der Waals surface area contributed by atoms with E-state index in [1.165, 1.54) is 75.1 Å². The lowest BCUT2D eigenvalue weighted by atomic mass is 9.80. The van der Waals surface area contributed by atoms with E-state index in [0.29, 0.717) is 0 Å². The van der Waals surface area contributed by atoms with Crippen LogP contribution in [0.3, 0.4) is 0 Å². The van der Waals surface area contributed by atoms with Gasteiger partial charge in [0.2, 0.25) is 0 Å². The predicted octanol–water partition coefficient (Wildman–Crippen LogP) is 10.7. The van der Waals surface area contributed by atoms with Crippen molar-refractivity contribution in [1.82, 2.24) is 0 Å². The molecule has 0 saturated carbocycles. The highest BCUT2D eigenvalue weighted by molar-refractivity contribution is 7.26. The van der Waals surface area contributed by atoms with Crippen LogP contribution in [0.4, 0.5) is 0 Å². The number of hydrogen-bond acceptors (Lipinski definition) is 1. The molecule has 1 heteroatoms. The van der Waals surface area contributed by atoms with E-state index in [1.807, 2.05) is 11.3 Å². The summed E-state index contributed by atoms with van der Waals surface area (Å²) >= 11 is 1.92. The zero-order valence-electron chi connectivity index (χ0n) is 20.4. The van der Waals surface area contributed by atoms with Gasteiger partial charge in [0.1, 0.15) is 0 Å². The lowest BCUT2D eigenvalue weighted by Gasteiger charge is -2.24. The minimum atomic E-state index is 1.06. The first-order valence-corrected chi connectivity index (χ1v) is 13.8. The molecule has 1 aromatic heterocycles. The molecule has 0 aliphatic heterocycles. The second kappa shape index (κ2) is 8.16. The average molecular weight is 489 g/mol. The molecule has 7 aromatic rings. The van der Waals surface area contributed by atoms with Gasteiger partial charge in [-0.15, -0.1) is 11.3 Å². The van der Waals surface area contributed by atoms with E-state index in [-0.39, 0.29) is 0 Å². The van der Waals surface area contributed by atoms with E-state index >= 15 is 0 Å². The largest absolute Gasteiger partial charge is 0.135 e. The fraction of sp³-hybridized carbons (Fsp3) is 0.0556. The highest BCUT2D eigenvalue weighted by atomic mass is 32.1. The minimum absolute atomic E-state index is 1.06. The third-order valence-electron chi connectivity index (χ3n) is 7.92. The zero-order chi connectivity index (χ0) is 24.3. The van der Waals surface area contributed by atoms with Crippen LogP contribution in [0.25, 0.3) is 70.0 Å². The quantitative estimate of drug-likeness (QED) is 0.227. The van der Waals surface area contributed by atoms with Crippen LogP contribution in [0.5, 0.6) is 0 Å². The summed E-state index contributed by atoms with van der Waals surface area (Å²) in [5, 5.41) is 7.97. The molecule has 0 unspecified atom stereocenters. The van der Waals surface area contributed by atoms with Gasteiger partial charge >= 0.3 is 0 Å². The van der Waals surface area contributed by atoms with Crippen molar-refractivity contribution >= 4 is 59.1 Å². The van der Waals surface area contributed by atoms with Crippen molar-refractivity contribution in [3.8, 4) is 22.3 Å². The van der Waals surface area contributed by atoms with Crippen LogP contribution in [-0.2, 0) is 6.42 Å². The lowest BCUT2D eigenvalue weighted by Crippen LogP contribution is -2.02. The third kappa shape index (κ3) is 3.14. The van der Waals surface area contributed by atoms with E-state index < -0.39 is 0 Å². The molecule has 1 heterocycles. The van der Waals surface area contributed by atoms with E-state index in [1.54, 1.807) is 0 Å². The molecule has 0 spiro atoms. The Hall–Kier alpha value is -4.20. The fourth-order valence-corrected chi connectivity index (χ4v) is 7.52. The number of fused-ring (bicyclic) bond motifs is 6. The van der Waals surface area contributed by atoms with Crippen LogP contribution >= 0.6 is 11.3 Å². The van der Waals surface area contributed by atoms with Crippen molar-refractivity contribution < 1.29 is 0 Å². The second-order valence-electron chi connectivity index (χ2n) is 9.97. The predicted molar refractivity (Wildman–Crippen MR) is 163 cm³/mol. The van der Waals surface area contributed by atoms with E-state index in [2.05, 4.69) is 121 Å². The topological polar surface area (TPSA) is 0 Å². The molecule has 1 aliphatic carbocycles. The van der Waals surface area contributed by atoms with Crippen LogP contribution < -0.4 is 0 Å². The molecule has 0 amide bonds. The van der Waals surface area contributed by atoms with Crippen LogP contribution in [0.15, 0.2) is 115 Å². The molecular weight excluding hydrogens is 464 g/mol. The molecule has 6 aromatic carbocycles. The average Bonchev–Trinajstić information content (AvgIpc) is 3.35. The van der Waals surface area contributed by atoms with Crippen LogP contribution in [0.1, 0.15) is 17.5 Å². The van der Waals surface area contributed by atoms with Crippen LogP contribution in [-0.4, -0.2) is 0 Å². The molecule has 174 valence electrons. The summed E-state index contributed by atoms with van der Waals surface area (Å²) in [6, 6.07) is 40.3. The summed E-state index contributed by atoms with van der Waals surface area (Å²) < 4.78 is 2.74. The molecule has 1 aliphatic rings. The summed E-state index contributed by atoms with van der Waals surface area (Å²) in [6.07, 6.45) is 6.89. The Morgan fingerprint density at radius 1 is 0.568 bits per heavy atom. The van der Waals surface area contributed by atoms with Gasteiger partial charge < -0.3 is 0 Å². The van der Waals surface area contributed by atoms with Gasteiger partial charge in [0.25, 0.3) is 0 Å². The van der Waals surface area contributed by atoms with Gasteiger partial charge in [0.05, 0.1) is 0 Å². The standard InChI is InChI=1S/C36H24S/c1-2-11-24-22-25(21-20-23(24)10-1)34-27-13-3-5-15-29(27)35(30-16-6-4-14-28(30)34)32-18-9-17-31-26-12-7-8-19-33(26)37-36(31)32/h1-3,5-13,15-22H,4,14H2. The maximum Gasteiger partial charge on any atom is 0.0434 e. The van der Waals surface area contributed by atoms with Gasteiger partial charge in [-0.05, 0) is 74.3 Å². The van der Waals surface area contributed by atoms with Gasteiger partial charge in [-0.2, -0.15) is 0 Å². The maximum atomic E-state index is 2.39. The fourth-order valence-electron chi connectivity index (χ4n) is 6.29. The maximum absolute atomic E-state index is 2.39. The van der Waals surface area contributed by atoms with E-state index in [4.69, 9.17) is 0 Å². The minimum Gasteiger partial charge on any atom is -0.135 e. The van der Waals surface area contributed by atoms with Crippen LogP contribution in [0, 0.1) is 0 Å². The van der Waals surface area contributed by atoms with Crippen molar-refractivity contribution in [2.75, 3.05) is 0 Å². The Balaban J connectivity index is 1.50. The summed E-state index contributed by atoms with van der Waals surface area (Å²) in [7, 11) is 0. The first kappa shape index (κ1) is 20.9. The van der Waals surface area contributed by atoms with Gasteiger partial charge in [0, 0.05) is 25.7 Å². The smallest absolute Gasteiger partial charge is 0.0434 e. The number of hydrogen-bond donors (Lipinski definition) is 0. The number of allylic oxidation sites excluding steroid dienone is 1. The number of thiophene rings is 1. The van der Waals surface area contributed by atoms with Gasteiger partial charge in [-0.3, -0.25) is 0 Å². The van der Waals surface area contributed by atoms with E-state index in [9.17, 15) is 0 Å². The highest BCUT2D eigenvalue weighted by Crippen LogP contribution is 2.48. The van der Waals surface area contributed by atoms with Crippen molar-refractivity contribution in [3.05, 3.63) is 126 Å².